The molecule has 0 rings (SSSR count). The summed E-state index contributed by atoms with van der Waals surface area (Å²) in [4.78, 5) is 22.4. The molecule has 0 amide bonds. The quantitative estimate of drug-likeness (QED) is 0.312. The first-order valence-corrected chi connectivity index (χ1v) is 6.88. The molecule has 0 aromatic carbocycles. The first-order valence-electron chi connectivity index (χ1n) is 6.88. The Bertz CT molecular complexity index is 331. The molecule has 0 N–H and O–H groups in total. The Balaban J connectivity index is 3.43. The molecule has 0 aliphatic carbocycles. The highest BCUT2D eigenvalue weighted by atomic mass is 16.5. The largest absolute Gasteiger partial charge is 0.461 e. The van der Waals surface area contributed by atoms with Crippen LogP contribution in [0.3, 0.4) is 0 Å². The van der Waals surface area contributed by atoms with E-state index in [1.165, 1.54) is 0 Å². The maximum atomic E-state index is 11.2. The van der Waals surface area contributed by atoms with Gasteiger partial charge in [0.15, 0.2) is 0 Å². The van der Waals surface area contributed by atoms with E-state index in [1.54, 1.807) is 18.2 Å². The molecule has 20 heavy (non-hydrogen) atoms. The molecule has 0 bridgehead atoms. The summed E-state index contributed by atoms with van der Waals surface area (Å²) in [5, 5.41) is 0. The van der Waals surface area contributed by atoms with Crippen LogP contribution in [0.1, 0.15) is 38.5 Å². The molecule has 0 saturated carbocycles. The van der Waals surface area contributed by atoms with Crippen LogP contribution in [0.2, 0.25) is 0 Å². The maximum Gasteiger partial charge on any atom is 0.306 e. The minimum Gasteiger partial charge on any atom is -0.461 e. The fraction of sp³-hybridized carbons (Fsp3) is 0.500. The molecule has 4 heteroatoms. The predicted molar refractivity (Wildman–Crippen MR) is 79.2 cm³/mol. The van der Waals surface area contributed by atoms with Crippen molar-refractivity contribution in [1.82, 2.24) is 0 Å². The number of allylic oxidation sites excluding steroid dienone is 2. The van der Waals surface area contributed by atoms with E-state index < -0.39 is 0 Å². The lowest BCUT2D eigenvalue weighted by molar-refractivity contribution is -0.143. The van der Waals surface area contributed by atoms with Gasteiger partial charge in [-0.2, -0.15) is 0 Å². The van der Waals surface area contributed by atoms with Gasteiger partial charge in [0.1, 0.15) is 13.2 Å². The summed E-state index contributed by atoms with van der Waals surface area (Å²) >= 11 is 0. The minimum absolute atomic E-state index is 0.190. The molecule has 0 atom stereocenters. The van der Waals surface area contributed by atoms with Crippen LogP contribution in [0.15, 0.2) is 37.5 Å². The Hall–Kier alpha value is -1.84. The predicted octanol–water partition coefficient (Wildman–Crippen LogP) is 3.34. The third-order valence-corrected chi connectivity index (χ3v) is 2.41. The van der Waals surface area contributed by atoms with Gasteiger partial charge in [-0.05, 0) is 25.7 Å². The van der Waals surface area contributed by atoms with Crippen molar-refractivity contribution in [2.75, 3.05) is 13.2 Å². The van der Waals surface area contributed by atoms with Gasteiger partial charge in [0.2, 0.25) is 0 Å². The fourth-order valence-corrected chi connectivity index (χ4v) is 1.38. The monoisotopic (exact) mass is 280 g/mol. The third kappa shape index (κ3) is 12.6. The van der Waals surface area contributed by atoms with E-state index >= 15 is 0 Å². The van der Waals surface area contributed by atoms with Crippen LogP contribution < -0.4 is 0 Å². The van der Waals surface area contributed by atoms with Crippen molar-refractivity contribution in [2.45, 2.75) is 38.5 Å². The Labute approximate surface area is 121 Å². The number of hydrogen-bond acceptors (Lipinski definition) is 4. The highest BCUT2D eigenvalue weighted by Crippen LogP contribution is 2.00. The molecule has 0 spiro atoms. The first kappa shape index (κ1) is 18.2. The third-order valence-electron chi connectivity index (χ3n) is 2.41. The molecule has 112 valence electrons. The van der Waals surface area contributed by atoms with Crippen LogP contribution >= 0.6 is 0 Å². The number of ether oxygens (including phenoxy) is 2. The second-order valence-corrected chi connectivity index (χ2v) is 4.20. The van der Waals surface area contributed by atoms with Gasteiger partial charge < -0.3 is 9.47 Å². The molecule has 0 aliphatic rings. The Morgan fingerprint density at radius 2 is 1.40 bits per heavy atom. The van der Waals surface area contributed by atoms with Crippen molar-refractivity contribution in [2.24, 2.45) is 0 Å². The van der Waals surface area contributed by atoms with Crippen LogP contribution in [0.25, 0.3) is 0 Å². The second-order valence-electron chi connectivity index (χ2n) is 4.20. The summed E-state index contributed by atoms with van der Waals surface area (Å²) in [7, 11) is 0. The molecule has 0 heterocycles. The standard InChI is InChI=1S/C16H24O4/c1-3-5-8-11-16(18)20-14-10-7-6-9-12-15(17)19-13-4-2/h3-4,7,10H,1-2,5-6,8-9,11-14H2. The van der Waals surface area contributed by atoms with Crippen LogP contribution in [0, 0.1) is 0 Å². The maximum absolute atomic E-state index is 11.2. The van der Waals surface area contributed by atoms with Crippen molar-refractivity contribution in [3.8, 4) is 0 Å². The van der Waals surface area contributed by atoms with Crippen LogP contribution in [-0.2, 0) is 19.1 Å². The van der Waals surface area contributed by atoms with Gasteiger partial charge in [-0.1, -0.05) is 30.9 Å². The number of esters is 2. The summed E-state index contributed by atoms with van der Waals surface area (Å²) in [6.07, 6.45) is 10.9. The van der Waals surface area contributed by atoms with Gasteiger partial charge in [0.25, 0.3) is 0 Å². The van der Waals surface area contributed by atoms with Gasteiger partial charge in [-0.25, -0.2) is 0 Å². The highest BCUT2D eigenvalue weighted by Gasteiger charge is 2.00. The van der Waals surface area contributed by atoms with Crippen LogP contribution in [-0.4, -0.2) is 25.2 Å². The molecule has 0 saturated heterocycles. The normalized spacial score (nSPS) is 10.2. The van der Waals surface area contributed by atoms with Gasteiger partial charge in [-0.15, -0.1) is 6.58 Å². The Morgan fingerprint density at radius 3 is 2.00 bits per heavy atom. The van der Waals surface area contributed by atoms with E-state index in [2.05, 4.69) is 13.2 Å². The van der Waals surface area contributed by atoms with Gasteiger partial charge in [0, 0.05) is 12.8 Å². The number of rotatable bonds is 12. The molecule has 0 aromatic rings. The molecule has 0 unspecified atom stereocenters. The molecule has 0 fully saturated rings. The van der Waals surface area contributed by atoms with E-state index in [4.69, 9.17) is 9.47 Å². The van der Waals surface area contributed by atoms with E-state index in [-0.39, 0.29) is 25.2 Å². The highest BCUT2D eigenvalue weighted by molar-refractivity contribution is 5.69. The SMILES string of the molecule is C=CCCCC(=O)OCC=CCCCC(=O)OCC=C. The summed E-state index contributed by atoms with van der Waals surface area (Å²) in [6, 6.07) is 0. The number of unbranched alkanes of at least 4 members (excludes halogenated alkanes) is 2. The summed E-state index contributed by atoms with van der Waals surface area (Å²) in [5.41, 5.74) is 0. The second kappa shape index (κ2) is 13.6. The van der Waals surface area contributed by atoms with Crippen molar-refractivity contribution in [1.29, 1.82) is 0 Å². The van der Waals surface area contributed by atoms with E-state index in [0.29, 0.717) is 12.8 Å². The molecule has 4 nitrogen and oxygen atoms in total. The van der Waals surface area contributed by atoms with Crippen molar-refractivity contribution < 1.29 is 19.1 Å². The lowest BCUT2D eigenvalue weighted by Crippen LogP contribution is -2.04. The Morgan fingerprint density at radius 1 is 0.800 bits per heavy atom. The molecule has 0 aromatic heterocycles. The number of carbonyl (C=O) groups excluding carboxylic acids is 2. The van der Waals surface area contributed by atoms with E-state index in [0.717, 1.165) is 25.7 Å². The topological polar surface area (TPSA) is 52.6 Å². The number of carbonyl (C=O) groups is 2. The lowest BCUT2D eigenvalue weighted by atomic mass is 10.2. The molecular formula is C16H24O4. The molecular weight excluding hydrogens is 256 g/mol. The summed E-state index contributed by atoms with van der Waals surface area (Å²) in [5.74, 6) is -0.406. The average molecular weight is 280 g/mol. The first-order chi connectivity index (χ1) is 9.70. The fourth-order valence-electron chi connectivity index (χ4n) is 1.38. The van der Waals surface area contributed by atoms with Crippen molar-refractivity contribution in [3.05, 3.63) is 37.5 Å². The summed E-state index contributed by atoms with van der Waals surface area (Å²) < 4.78 is 9.85. The minimum atomic E-state index is -0.216. The van der Waals surface area contributed by atoms with Crippen molar-refractivity contribution >= 4 is 11.9 Å². The van der Waals surface area contributed by atoms with Crippen LogP contribution in [0.5, 0.6) is 0 Å². The van der Waals surface area contributed by atoms with Crippen LogP contribution in [0.4, 0.5) is 0 Å². The zero-order valence-corrected chi connectivity index (χ0v) is 12.0. The smallest absolute Gasteiger partial charge is 0.306 e. The van der Waals surface area contributed by atoms with Gasteiger partial charge in [0.05, 0.1) is 0 Å². The zero-order chi connectivity index (χ0) is 15.1. The molecule has 0 radical (unpaired) electrons. The molecule has 0 aliphatic heterocycles. The summed E-state index contributed by atoms with van der Waals surface area (Å²) in [6.45, 7) is 7.60. The van der Waals surface area contributed by atoms with E-state index in [1.807, 2.05) is 6.08 Å². The Kier molecular flexibility index (Phi) is 12.3. The van der Waals surface area contributed by atoms with Crippen molar-refractivity contribution in [3.63, 3.8) is 0 Å². The number of hydrogen-bond donors (Lipinski definition) is 0. The zero-order valence-electron chi connectivity index (χ0n) is 12.0. The van der Waals surface area contributed by atoms with Gasteiger partial charge >= 0.3 is 11.9 Å². The van der Waals surface area contributed by atoms with Gasteiger partial charge in [-0.3, -0.25) is 9.59 Å². The van der Waals surface area contributed by atoms with E-state index in [9.17, 15) is 9.59 Å². The lowest BCUT2D eigenvalue weighted by Gasteiger charge is -2.01. The average Bonchev–Trinajstić information content (AvgIpc) is 2.44.